The van der Waals surface area contributed by atoms with Crippen molar-refractivity contribution in [2.75, 3.05) is 5.32 Å². The van der Waals surface area contributed by atoms with E-state index in [9.17, 15) is 9.59 Å². The van der Waals surface area contributed by atoms with E-state index in [-0.39, 0.29) is 11.5 Å². The van der Waals surface area contributed by atoms with E-state index >= 15 is 0 Å². The Hall–Kier alpha value is -4.20. The predicted molar refractivity (Wildman–Crippen MR) is 158 cm³/mol. The summed E-state index contributed by atoms with van der Waals surface area (Å²) < 4.78 is 4.32. The minimum atomic E-state index is -0.655. The van der Waals surface area contributed by atoms with E-state index < -0.39 is 6.04 Å². The third kappa shape index (κ3) is 4.33. The molecule has 39 heavy (non-hydrogen) atoms. The van der Waals surface area contributed by atoms with Crippen molar-refractivity contribution in [3.63, 3.8) is 0 Å². The summed E-state index contributed by atoms with van der Waals surface area (Å²) in [6.07, 6.45) is 1.95. The molecule has 6 nitrogen and oxygen atoms in total. The first-order valence-electron chi connectivity index (χ1n) is 12.5. The molecule has 0 radical (unpaired) electrons. The number of carbonyl (C=O) groups excluding carboxylic acids is 1. The number of thiazole rings is 1. The Morgan fingerprint density at radius 3 is 2.44 bits per heavy atom. The van der Waals surface area contributed by atoms with Crippen LogP contribution in [0.2, 0.25) is 5.02 Å². The largest absolute Gasteiger partial charge is 0.347 e. The Morgan fingerprint density at radius 2 is 1.69 bits per heavy atom. The highest BCUT2D eigenvalue weighted by molar-refractivity contribution is 7.07. The number of allylic oxidation sites excluding steroid dienone is 1. The summed E-state index contributed by atoms with van der Waals surface area (Å²) in [6.45, 7) is 3.87. The molecule has 0 aliphatic carbocycles. The van der Waals surface area contributed by atoms with Crippen molar-refractivity contribution in [3.05, 3.63) is 132 Å². The fraction of sp³-hybridized carbons (Fsp3) is 0.129. The minimum absolute atomic E-state index is 0.191. The lowest BCUT2D eigenvalue weighted by atomic mass is 9.95. The van der Waals surface area contributed by atoms with Gasteiger partial charge in [-0.1, -0.05) is 71.5 Å². The number of nitrogens with one attached hydrogen (secondary N) is 1. The number of aromatic nitrogens is 2. The third-order valence-electron chi connectivity index (χ3n) is 7.21. The number of aryl methyl sites for hydroxylation is 1. The molecule has 2 aromatic heterocycles. The molecular weight excluding hydrogens is 528 g/mol. The average Bonchev–Trinajstić information content (AvgIpc) is 3.37. The summed E-state index contributed by atoms with van der Waals surface area (Å²) in [4.78, 5) is 33.0. The molecule has 1 amide bonds. The van der Waals surface area contributed by atoms with Gasteiger partial charge in [-0.25, -0.2) is 4.99 Å². The van der Waals surface area contributed by atoms with Gasteiger partial charge in [0.15, 0.2) is 4.80 Å². The smallest absolute Gasteiger partial charge is 0.271 e. The van der Waals surface area contributed by atoms with Crippen molar-refractivity contribution in [3.8, 4) is 0 Å². The summed E-state index contributed by atoms with van der Waals surface area (Å²) in [6, 6.07) is 24.0. The molecule has 0 spiro atoms. The van der Waals surface area contributed by atoms with Crippen molar-refractivity contribution < 1.29 is 4.79 Å². The van der Waals surface area contributed by atoms with Crippen molar-refractivity contribution in [1.82, 2.24) is 9.13 Å². The SMILES string of the molecule is CC1=C(C(=O)Nc2ccccc2)[C@@H](c2ccc(Cl)cc2)n2c(s/c(=C\c3c(C)n(C)c4ccccc34)c2=O)=N1. The summed E-state index contributed by atoms with van der Waals surface area (Å²) in [5, 5.41) is 4.63. The fourth-order valence-electron chi connectivity index (χ4n) is 5.16. The maximum absolute atomic E-state index is 14.1. The Kier molecular flexibility index (Phi) is 6.33. The quantitative estimate of drug-likeness (QED) is 0.327. The van der Waals surface area contributed by atoms with Gasteiger partial charge in [0.05, 0.1) is 21.8 Å². The van der Waals surface area contributed by atoms with Gasteiger partial charge in [-0.05, 0) is 55.8 Å². The Labute approximate surface area is 233 Å². The van der Waals surface area contributed by atoms with Gasteiger partial charge in [-0.15, -0.1) is 0 Å². The van der Waals surface area contributed by atoms with Crippen LogP contribution in [0, 0.1) is 6.92 Å². The number of benzene rings is 3. The standard InChI is InChI=1S/C31H25ClN4O2S/c1-18-27(29(37)34-22-9-5-4-6-10-22)28(20-13-15-21(32)16-14-20)36-30(38)26(39-31(36)33-18)17-24-19(2)35(3)25-12-8-7-11-23(24)25/h4-17,28H,1-3H3,(H,34,37)/b26-17-/t28-/m1/s1. The van der Waals surface area contributed by atoms with Crippen LogP contribution in [0.15, 0.2) is 99.9 Å². The van der Waals surface area contributed by atoms with Crippen LogP contribution in [-0.4, -0.2) is 15.0 Å². The van der Waals surface area contributed by atoms with Crippen LogP contribution >= 0.6 is 22.9 Å². The van der Waals surface area contributed by atoms with E-state index in [2.05, 4.69) is 28.9 Å². The van der Waals surface area contributed by atoms with Gasteiger partial charge < -0.3 is 9.88 Å². The topological polar surface area (TPSA) is 68.4 Å². The molecule has 1 N–H and O–H groups in total. The van der Waals surface area contributed by atoms with Crippen LogP contribution in [0.1, 0.15) is 29.8 Å². The van der Waals surface area contributed by atoms with Crippen LogP contribution in [-0.2, 0) is 11.8 Å². The molecule has 1 aliphatic heterocycles. The predicted octanol–water partition coefficient (Wildman–Crippen LogP) is 5.33. The third-order valence-corrected chi connectivity index (χ3v) is 8.44. The Morgan fingerprint density at radius 1 is 1.00 bits per heavy atom. The van der Waals surface area contributed by atoms with Gasteiger partial charge in [0.2, 0.25) is 0 Å². The molecule has 0 saturated carbocycles. The first kappa shape index (κ1) is 25.1. The number of carbonyl (C=O) groups is 1. The average molecular weight is 553 g/mol. The van der Waals surface area contributed by atoms with Crippen LogP contribution in [0.25, 0.3) is 17.0 Å². The zero-order valence-electron chi connectivity index (χ0n) is 21.6. The fourth-order valence-corrected chi connectivity index (χ4v) is 6.31. The number of hydrogen-bond donors (Lipinski definition) is 1. The van der Waals surface area contributed by atoms with Gasteiger partial charge in [0.1, 0.15) is 0 Å². The molecule has 1 atom stereocenters. The molecule has 6 rings (SSSR count). The Balaban J connectivity index is 1.55. The molecule has 3 aromatic carbocycles. The number of amides is 1. The first-order valence-corrected chi connectivity index (χ1v) is 13.7. The van der Waals surface area contributed by atoms with Crippen molar-refractivity contribution >= 4 is 51.5 Å². The van der Waals surface area contributed by atoms with E-state index in [0.717, 1.165) is 27.7 Å². The molecule has 0 saturated heterocycles. The zero-order chi connectivity index (χ0) is 27.3. The second-order valence-corrected chi connectivity index (χ2v) is 11.0. The molecular formula is C31H25ClN4O2S. The summed E-state index contributed by atoms with van der Waals surface area (Å²) in [5.41, 5.74) is 5.41. The summed E-state index contributed by atoms with van der Waals surface area (Å²) in [5.74, 6) is -0.304. The number of para-hydroxylation sites is 2. The number of anilines is 1. The number of fused-ring (bicyclic) bond motifs is 2. The van der Waals surface area contributed by atoms with Crippen LogP contribution in [0.3, 0.4) is 0 Å². The molecule has 0 unspecified atom stereocenters. The number of hydrogen-bond acceptors (Lipinski definition) is 4. The maximum atomic E-state index is 14.1. The van der Waals surface area contributed by atoms with Gasteiger partial charge in [-0.2, -0.15) is 0 Å². The monoisotopic (exact) mass is 552 g/mol. The van der Waals surface area contributed by atoms with Crippen molar-refractivity contribution in [2.24, 2.45) is 12.0 Å². The zero-order valence-corrected chi connectivity index (χ0v) is 23.2. The lowest BCUT2D eigenvalue weighted by molar-refractivity contribution is -0.113. The Bertz CT molecular complexity index is 1970. The van der Waals surface area contributed by atoms with Crippen LogP contribution in [0.4, 0.5) is 5.69 Å². The minimum Gasteiger partial charge on any atom is -0.347 e. The molecule has 8 heteroatoms. The van der Waals surface area contributed by atoms with Gasteiger partial charge in [-0.3, -0.25) is 14.2 Å². The van der Waals surface area contributed by atoms with E-state index in [1.165, 1.54) is 11.3 Å². The van der Waals surface area contributed by atoms with Crippen LogP contribution < -0.4 is 20.2 Å². The van der Waals surface area contributed by atoms with Gasteiger partial charge >= 0.3 is 0 Å². The molecule has 5 aromatic rings. The molecule has 3 heterocycles. The number of nitrogens with zero attached hydrogens (tertiary/aromatic N) is 3. The summed E-state index contributed by atoms with van der Waals surface area (Å²) in [7, 11) is 2.03. The maximum Gasteiger partial charge on any atom is 0.271 e. The molecule has 1 aliphatic rings. The lowest BCUT2D eigenvalue weighted by Gasteiger charge is -2.25. The summed E-state index contributed by atoms with van der Waals surface area (Å²) >= 11 is 7.53. The van der Waals surface area contributed by atoms with Crippen molar-refractivity contribution in [1.29, 1.82) is 0 Å². The lowest BCUT2D eigenvalue weighted by Crippen LogP contribution is -2.40. The molecule has 194 valence electrons. The highest BCUT2D eigenvalue weighted by Crippen LogP contribution is 2.31. The normalized spacial score (nSPS) is 15.4. The molecule has 0 bridgehead atoms. The van der Waals surface area contributed by atoms with Crippen LogP contribution in [0.5, 0.6) is 0 Å². The van der Waals surface area contributed by atoms with Gasteiger partial charge in [0, 0.05) is 39.9 Å². The first-order chi connectivity index (χ1) is 18.8. The number of rotatable bonds is 4. The second kappa shape index (κ2) is 9.84. The van der Waals surface area contributed by atoms with Crippen molar-refractivity contribution in [2.45, 2.75) is 19.9 Å². The van der Waals surface area contributed by atoms with E-state index in [0.29, 0.717) is 31.3 Å². The highest BCUT2D eigenvalue weighted by Gasteiger charge is 2.32. The highest BCUT2D eigenvalue weighted by atomic mass is 35.5. The second-order valence-electron chi connectivity index (χ2n) is 9.53. The molecule has 0 fully saturated rings. The van der Waals surface area contributed by atoms with E-state index in [1.807, 2.05) is 74.6 Å². The van der Waals surface area contributed by atoms with Gasteiger partial charge in [0.25, 0.3) is 11.5 Å². The van der Waals surface area contributed by atoms with E-state index in [1.54, 1.807) is 16.7 Å². The number of halogens is 1. The van der Waals surface area contributed by atoms with E-state index in [4.69, 9.17) is 16.6 Å².